The molecule has 1 fully saturated rings. The SMILES string of the molecule is CC(=O)O[C@@H]1C2=C(CO[C@]3(C2)O[C@@H](C)CC[C@@H]3OC(C)=O)C(=O)[C@](C)(O)[C@H]1O. The molecular weight excluding hydrogens is 372 g/mol. The van der Waals surface area contributed by atoms with Gasteiger partial charge in [0.15, 0.2) is 23.6 Å². The van der Waals surface area contributed by atoms with E-state index in [4.69, 9.17) is 18.9 Å². The zero-order valence-electron chi connectivity index (χ0n) is 16.4. The Bertz CT molecular complexity index is 725. The first kappa shape index (κ1) is 20.9. The molecule has 28 heavy (non-hydrogen) atoms. The predicted molar refractivity (Wildman–Crippen MR) is 92.9 cm³/mol. The number of esters is 2. The van der Waals surface area contributed by atoms with Crippen molar-refractivity contribution >= 4 is 17.7 Å². The number of ketones is 1. The average Bonchev–Trinajstić information content (AvgIpc) is 2.59. The fourth-order valence-corrected chi connectivity index (χ4v) is 4.15. The van der Waals surface area contributed by atoms with Gasteiger partial charge in [0.05, 0.1) is 12.7 Å². The van der Waals surface area contributed by atoms with Crippen molar-refractivity contribution in [3.63, 3.8) is 0 Å². The molecule has 2 aliphatic heterocycles. The predicted octanol–water partition coefficient (Wildman–Crippen LogP) is 0.156. The zero-order valence-corrected chi connectivity index (χ0v) is 16.4. The van der Waals surface area contributed by atoms with Gasteiger partial charge in [-0.25, -0.2) is 0 Å². The van der Waals surface area contributed by atoms with Gasteiger partial charge in [-0.15, -0.1) is 0 Å². The van der Waals surface area contributed by atoms with Gasteiger partial charge in [-0.1, -0.05) is 0 Å². The number of hydrogen-bond acceptors (Lipinski definition) is 9. The number of carbonyl (C=O) groups excluding carboxylic acids is 3. The van der Waals surface area contributed by atoms with Crippen LogP contribution in [0, 0.1) is 0 Å². The molecule has 0 saturated carbocycles. The third-order valence-corrected chi connectivity index (χ3v) is 5.55. The number of Topliss-reactive ketones (excluding diaryl/α,β-unsaturated/α-hetero) is 1. The second kappa shape index (κ2) is 7.22. The van der Waals surface area contributed by atoms with Gasteiger partial charge < -0.3 is 29.2 Å². The van der Waals surface area contributed by atoms with Crippen molar-refractivity contribution in [2.24, 2.45) is 0 Å². The highest BCUT2D eigenvalue weighted by Gasteiger charge is 2.58. The van der Waals surface area contributed by atoms with E-state index in [1.54, 1.807) is 0 Å². The van der Waals surface area contributed by atoms with Crippen LogP contribution in [0.4, 0.5) is 0 Å². The third kappa shape index (κ3) is 3.47. The molecule has 0 aromatic rings. The van der Waals surface area contributed by atoms with E-state index in [9.17, 15) is 24.6 Å². The van der Waals surface area contributed by atoms with Crippen molar-refractivity contribution in [3.05, 3.63) is 11.1 Å². The highest BCUT2D eigenvalue weighted by molar-refractivity contribution is 6.04. The molecule has 0 aromatic heterocycles. The van der Waals surface area contributed by atoms with Gasteiger partial charge in [-0.3, -0.25) is 14.4 Å². The Morgan fingerprint density at radius 2 is 1.82 bits per heavy atom. The minimum Gasteiger partial charge on any atom is -0.457 e. The van der Waals surface area contributed by atoms with Gasteiger partial charge >= 0.3 is 11.9 Å². The van der Waals surface area contributed by atoms with Crippen molar-refractivity contribution < 1.29 is 43.5 Å². The fraction of sp³-hybridized carbons (Fsp3) is 0.737. The summed E-state index contributed by atoms with van der Waals surface area (Å²) in [6.07, 6.45) is -2.68. The molecule has 0 amide bonds. The van der Waals surface area contributed by atoms with Crippen molar-refractivity contribution in [1.82, 2.24) is 0 Å². The normalized spacial score (nSPS) is 40.9. The molecule has 1 aliphatic carbocycles. The van der Waals surface area contributed by atoms with Crippen molar-refractivity contribution in [3.8, 4) is 0 Å². The number of aliphatic hydroxyl groups is 2. The van der Waals surface area contributed by atoms with Crippen LogP contribution in [-0.4, -0.2) is 70.3 Å². The van der Waals surface area contributed by atoms with Gasteiger partial charge in [-0.05, 0) is 32.3 Å². The molecule has 9 heteroatoms. The van der Waals surface area contributed by atoms with E-state index < -0.39 is 47.4 Å². The molecule has 2 heterocycles. The minimum atomic E-state index is -2.12. The summed E-state index contributed by atoms with van der Waals surface area (Å²) in [6, 6.07) is 0. The molecule has 1 saturated heterocycles. The lowest BCUT2D eigenvalue weighted by molar-refractivity contribution is -0.322. The maximum absolute atomic E-state index is 12.7. The topological polar surface area (TPSA) is 129 Å². The Balaban J connectivity index is 2.03. The van der Waals surface area contributed by atoms with Crippen LogP contribution in [0.2, 0.25) is 0 Å². The average molecular weight is 398 g/mol. The van der Waals surface area contributed by atoms with E-state index in [2.05, 4.69) is 0 Å². The number of hydrogen-bond donors (Lipinski definition) is 2. The molecule has 3 rings (SSSR count). The molecule has 2 N–H and O–H groups in total. The monoisotopic (exact) mass is 398 g/mol. The first-order valence-corrected chi connectivity index (χ1v) is 9.31. The van der Waals surface area contributed by atoms with Crippen LogP contribution in [0.5, 0.6) is 0 Å². The van der Waals surface area contributed by atoms with E-state index in [1.165, 1.54) is 20.8 Å². The third-order valence-electron chi connectivity index (χ3n) is 5.55. The fourth-order valence-electron chi connectivity index (χ4n) is 4.15. The van der Waals surface area contributed by atoms with E-state index >= 15 is 0 Å². The van der Waals surface area contributed by atoms with Crippen molar-refractivity contribution in [2.45, 2.75) is 82.8 Å². The molecule has 9 nitrogen and oxygen atoms in total. The quantitative estimate of drug-likeness (QED) is 0.625. The summed E-state index contributed by atoms with van der Waals surface area (Å²) in [5, 5.41) is 21.0. The number of carbonyl (C=O) groups is 3. The molecule has 1 spiro atoms. The molecule has 0 aromatic carbocycles. The van der Waals surface area contributed by atoms with Gasteiger partial charge in [0.1, 0.15) is 6.10 Å². The van der Waals surface area contributed by atoms with Crippen LogP contribution in [0.1, 0.15) is 47.0 Å². The zero-order chi connectivity index (χ0) is 20.9. The van der Waals surface area contributed by atoms with Crippen LogP contribution >= 0.6 is 0 Å². The maximum Gasteiger partial charge on any atom is 0.303 e. The molecule has 156 valence electrons. The number of ether oxygens (including phenoxy) is 4. The highest BCUT2D eigenvalue weighted by atomic mass is 16.7. The van der Waals surface area contributed by atoms with E-state index in [1.807, 2.05) is 6.92 Å². The summed E-state index contributed by atoms with van der Waals surface area (Å²) in [4.78, 5) is 35.9. The highest BCUT2D eigenvalue weighted by Crippen LogP contribution is 2.46. The number of rotatable bonds is 2. The van der Waals surface area contributed by atoms with Crippen LogP contribution in [0.25, 0.3) is 0 Å². The summed E-state index contributed by atoms with van der Waals surface area (Å²) in [5.41, 5.74) is -1.67. The largest absolute Gasteiger partial charge is 0.457 e. The Hall–Kier alpha value is -1.81. The van der Waals surface area contributed by atoms with E-state index in [0.717, 1.165) is 0 Å². The molecule has 0 bridgehead atoms. The molecule has 0 unspecified atom stereocenters. The summed E-state index contributed by atoms with van der Waals surface area (Å²) in [7, 11) is 0. The summed E-state index contributed by atoms with van der Waals surface area (Å²) < 4.78 is 22.6. The summed E-state index contributed by atoms with van der Waals surface area (Å²) in [5.74, 6) is -3.22. The Labute approximate surface area is 162 Å². The smallest absolute Gasteiger partial charge is 0.303 e. The lowest BCUT2D eigenvalue weighted by Gasteiger charge is -2.50. The Kier molecular flexibility index (Phi) is 5.39. The van der Waals surface area contributed by atoms with Crippen LogP contribution in [0.15, 0.2) is 11.1 Å². The lowest BCUT2D eigenvalue weighted by atomic mass is 9.72. The standard InChI is InChI=1S/C19H26O9/c1-9-5-6-14(26-10(2)20)19(28-9)7-12-13(8-25-19)16(22)18(4,24)17(23)15(12)27-11(3)21/h9,14-15,17,23-24H,5-8H2,1-4H3/t9-,14-,15+,17-,18-,19+/m0/s1. The second-order valence-corrected chi connectivity index (χ2v) is 7.84. The second-order valence-electron chi connectivity index (χ2n) is 7.84. The maximum atomic E-state index is 12.7. The van der Waals surface area contributed by atoms with Crippen LogP contribution in [-0.2, 0) is 33.3 Å². The first-order valence-electron chi connectivity index (χ1n) is 9.31. The van der Waals surface area contributed by atoms with Crippen LogP contribution < -0.4 is 0 Å². The molecular formula is C19H26O9. The Morgan fingerprint density at radius 1 is 1.18 bits per heavy atom. The summed E-state index contributed by atoms with van der Waals surface area (Å²) in [6.45, 7) is 5.26. The number of aliphatic hydroxyl groups excluding tert-OH is 1. The first-order chi connectivity index (χ1) is 13.0. The van der Waals surface area contributed by atoms with Gasteiger partial charge in [0.25, 0.3) is 0 Å². The Morgan fingerprint density at radius 3 is 2.43 bits per heavy atom. The van der Waals surface area contributed by atoms with Gasteiger partial charge in [0, 0.05) is 25.8 Å². The molecule has 3 aliphatic rings. The van der Waals surface area contributed by atoms with Crippen LogP contribution in [0.3, 0.4) is 0 Å². The van der Waals surface area contributed by atoms with Gasteiger partial charge in [-0.2, -0.15) is 0 Å². The van der Waals surface area contributed by atoms with Crippen molar-refractivity contribution in [2.75, 3.05) is 6.61 Å². The summed E-state index contributed by atoms with van der Waals surface area (Å²) >= 11 is 0. The van der Waals surface area contributed by atoms with Gasteiger partial charge in [0.2, 0.25) is 5.79 Å². The minimum absolute atomic E-state index is 0.0402. The molecule has 6 atom stereocenters. The van der Waals surface area contributed by atoms with Crippen molar-refractivity contribution in [1.29, 1.82) is 0 Å². The van der Waals surface area contributed by atoms with E-state index in [0.29, 0.717) is 18.4 Å². The van der Waals surface area contributed by atoms with E-state index in [-0.39, 0.29) is 24.7 Å². The molecule has 0 radical (unpaired) electrons. The lowest BCUT2D eigenvalue weighted by Crippen LogP contribution is -2.63.